The Morgan fingerprint density at radius 3 is 1.50 bits per heavy atom. The molecule has 0 aromatic rings. The summed E-state index contributed by atoms with van der Waals surface area (Å²) in [4.78, 5) is 25.2. The van der Waals surface area contributed by atoms with Crippen molar-refractivity contribution in [3.63, 3.8) is 0 Å². The second-order valence-corrected chi connectivity index (χ2v) is 14.8. The van der Waals surface area contributed by atoms with Crippen molar-refractivity contribution in [3.05, 3.63) is 12.2 Å². The summed E-state index contributed by atoms with van der Waals surface area (Å²) in [6.45, 7) is 3.40. The average Bonchev–Trinajstić information content (AvgIpc) is 3.14. The van der Waals surface area contributed by atoms with Crippen LogP contribution in [0.1, 0.15) is 187 Å². The topological polar surface area (TPSA) is 152 Å². The molecule has 4 N–H and O–H groups in total. The van der Waals surface area contributed by atoms with E-state index >= 15 is 0 Å². The van der Waals surface area contributed by atoms with Crippen LogP contribution in [0.5, 0.6) is 0 Å². The number of allylic oxidation sites excluding steroid dienone is 2. The predicted octanol–water partition coefficient (Wildman–Crippen LogP) is 8.39. The Morgan fingerprint density at radius 1 is 0.577 bits per heavy atom. The Labute approximate surface area is 316 Å². The molecule has 0 aromatic carbocycles. The summed E-state index contributed by atoms with van der Waals surface area (Å²) in [7, 11) is 0. The SMILES string of the molecule is CCCCCCCCC/C=C\CCCCCCCC(=O)OC(COC(=O)CCCCCCCCCCCCC)COC1OC(CO)C(O)C(O)C1O. The number of rotatable bonds is 35. The molecule has 10 heteroatoms. The van der Waals surface area contributed by atoms with Crippen LogP contribution in [0.4, 0.5) is 0 Å². The first-order valence-corrected chi connectivity index (χ1v) is 21.3. The van der Waals surface area contributed by atoms with E-state index in [4.69, 9.17) is 18.9 Å². The molecule has 1 heterocycles. The predicted molar refractivity (Wildman–Crippen MR) is 206 cm³/mol. The van der Waals surface area contributed by atoms with E-state index in [1.165, 1.54) is 103 Å². The molecule has 1 saturated heterocycles. The Balaban J connectivity index is 2.35. The number of ether oxygens (including phenoxy) is 4. The lowest BCUT2D eigenvalue weighted by atomic mass is 9.99. The lowest BCUT2D eigenvalue weighted by Gasteiger charge is -2.39. The van der Waals surface area contributed by atoms with Crippen molar-refractivity contribution in [1.82, 2.24) is 0 Å². The Bertz CT molecular complexity index is 866. The fourth-order valence-electron chi connectivity index (χ4n) is 6.48. The molecule has 1 aliphatic rings. The van der Waals surface area contributed by atoms with E-state index in [1.54, 1.807) is 0 Å². The zero-order valence-corrected chi connectivity index (χ0v) is 33.1. The van der Waals surface area contributed by atoms with Crippen LogP contribution in [0.3, 0.4) is 0 Å². The highest BCUT2D eigenvalue weighted by molar-refractivity contribution is 5.70. The highest BCUT2D eigenvalue weighted by Gasteiger charge is 2.44. The summed E-state index contributed by atoms with van der Waals surface area (Å²) in [5, 5.41) is 40.0. The van der Waals surface area contributed by atoms with Gasteiger partial charge in [0.2, 0.25) is 0 Å². The van der Waals surface area contributed by atoms with Gasteiger partial charge in [-0.2, -0.15) is 0 Å². The molecule has 1 aliphatic heterocycles. The molecule has 0 radical (unpaired) electrons. The second-order valence-electron chi connectivity index (χ2n) is 14.8. The van der Waals surface area contributed by atoms with Crippen LogP contribution < -0.4 is 0 Å². The summed E-state index contributed by atoms with van der Waals surface area (Å²) in [6, 6.07) is 0. The molecule has 1 rings (SSSR count). The first-order valence-electron chi connectivity index (χ1n) is 21.3. The molecule has 0 amide bonds. The molecular weight excluding hydrogens is 664 g/mol. The summed E-state index contributed by atoms with van der Waals surface area (Å²) in [6.07, 6.45) is 26.5. The lowest BCUT2D eigenvalue weighted by molar-refractivity contribution is -0.305. The summed E-state index contributed by atoms with van der Waals surface area (Å²) >= 11 is 0. The maximum absolute atomic E-state index is 12.7. The van der Waals surface area contributed by atoms with E-state index in [9.17, 15) is 30.0 Å². The van der Waals surface area contributed by atoms with E-state index in [0.29, 0.717) is 6.42 Å². The van der Waals surface area contributed by atoms with Crippen LogP contribution >= 0.6 is 0 Å². The van der Waals surface area contributed by atoms with E-state index in [-0.39, 0.29) is 32.0 Å². The van der Waals surface area contributed by atoms with Gasteiger partial charge in [0.25, 0.3) is 0 Å². The van der Waals surface area contributed by atoms with Crippen LogP contribution in [0, 0.1) is 0 Å². The van der Waals surface area contributed by atoms with E-state index in [1.807, 2.05) is 0 Å². The van der Waals surface area contributed by atoms with E-state index in [0.717, 1.165) is 51.4 Å². The smallest absolute Gasteiger partial charge is 0.306 e. The number of hydrogen-bond donors (Lipinski definition) is 4. The van der Waals surface area contributed by atoms with Gasteiger partial charge in [0.05, 0.1) is 13.2 Å². The zero-order valence-electron chi connectivity index (χ0n) is 33.1. The number of unbranched alkanes of at least 4 members (excludes halogenated alkanes) is 22. The minimum Gasteiger partial charge on any atom is -0.462 e. The Hall–Kier alpha value is -1.56. The van der Waals surface area contributed by atoms with E-state index in [2.05, 4.69) is 26.0 Å². The van der Waals surface area contributed by atoms with Gasteiger partial charge in [-0.15, -0.1) is 0 Å². The first-order chi connectivity index (χ1) is 25.3. The quantitative estimate of drug-likeness (QED) is 0.0283. The minimum atomic E-state index is -1.59. The normalized spacial score (nSPS) is 21.1. The third-order valence-corrected chi connectivity index (χ3v) is 9.90. The van der Waals surface area contributed by atoms with Gasteiger partial charge >= 0.3 is 11.9 Å². The van der Waals surface area contributed by atoms with Gasteiger partial charge in [0, 0.05) is 12.8 Å². The van der Waals surface area contributed by atoms with Gasteiger partial charge in [0.15, 0.2) is 12.4 Å². The van der Waals surface area contributed by atoms with Crippen molar-refractivity contribution in [2.24, 2.45) is 0 Å². The van der Waals surface area contributed by atoms with Crippen molar-refractivity contribution in [1.29, 1.82) is 0 Å². The highest BCUT2D eigenvalue weighted by atomic mass is 16.7. The maximum Gasteiger partial charge on any atom is 0.306 e. The highest BCUT2D eigenvalue weighted by Crippen LogP contribution is 2.22. The third-order valence-electron chi connectivity index (χ3n) is 9.90. The third kappa shape index (κ3) is 25.5. The molecule has 0 aliphatic carbocycles. The van der Waals surface area contributed by atoms with Crippen molar-refractivity contribution in [3.8, 4) is 0 Å². The van der Waals surface area contributed by atoms with Crippen LogP contribution in [-0.2, 0) is 28.5 Å². The zero-order chi connectivity index (χ0) is 38.1. The van der Waals surface area contributed by atoms with Crippen LogP contribution in [0.15, 0.2) is 12.2 Å². The molecule has 6 atom stereocenters. The fourth-order valence-corrected chi connectivity index (χ4v) is 6.48. The number of carbonyl (C=O) groups is 2. The van der Waals surface area contributed by atoms with Gasteiger partial charge in [-0.1, -0.05) is 148 Å². The van der Waals surface area contributed by atoms with Gasteiger partial charge in [-0.05, 0) is 38.5 Å². The number of esters is 2. The number of hydrogen-bond acceptors (Lipinski definition) is 10. The molecule has 306 valence electrons. The number of carbonyl (C=O) groups excluding carboxylic acids is 2. The van der Waals surface area contributed by atoms with Crippen LogP contribution in [-0.4, -0.2) is 89.0 Å². The maximum atomic E-state index is 12.7. The molecule has 0 aromatic heterocycles. The summed E-state index contributed by atoms with van der Waals surface area (Å²) < 4.78 is 22.1. The lowest BCUT2D eigenvalue weighted by Crippen LogP contribution is -2.59. The summed E-state index contributed by atoms with van der Waals surface area (Å²) in [5.74, 6) is -0.811. The first kappa shape index (κ1) is 48.5. The monoisotopic (exact) mass is 743 g/mol. The minimum absolute atomic E-state index is 0.216. The van der Waals surface area contributed by atoms with Crippen molar-refractivity contribution < 1.29 is 49.0 Å². The number of aliphatic hydroxyl groups is 4. The van der Waals surface area contributed by atoms with Crippen molar-refractivity contribution >= 4 is 11.9 Å². The molecule has 0 spiro atoms. The fraction of sp³-hybridized carbons (Fsp3) is 0.905. The molecule has 10 nitrogen and oxygen atoms in total. The van der Waals surface area contributed by atoms with Gasteiger partial charge in [-0.25, -0.2) is 0 Å². The van der Waals surface area contributed by atoms with Crippen LogP contribution in [0.25, 0.3) is 0 Å². The van der Waals surface area contributed by atoms with Gasteiger partial charge in [-0.3, -0.25) is 9.59 Å². The largest absolute Gasteiger partial charge is 0.462 e. The standard InChI is InChI=1S/C42H78O10/c1-3-5-7-9-11-13-15-16-17-18-19-21-23-25-27-29-31-38(45)51-35(34-50-42-41(48)40(47)39(46)36(32-43)52-42)33-49-37(44)30-28-26-24-22-20-14-12-10-8-6-4-2/h17-18,35-36,39-43,46-48H,3-16,19-34H2,1-2H3/b18-17-. The molecule has 0 saturated carbocycles. The summed E-state index contributed by atoms with van der Waals surface area (Å²) in [5.41, 5.74) is 0. The Morgan fingerprint density at radius 2 is 1.02 bits per heavy atom. The van der Waals surface area contributed by atoms with Crippen molar-refractivity contribution in [2.75, 3.05) is 19.8 Å². The van der Waals surface area contributed by atoms with Gasteiger partial charge < -0.3 is 39.4 Å². The molecule has 52 heavy (non-hydrogen) atoms. The molecule has 1 fully saturated rings. The van der Waals surface area contributed by atoms with Crippen LogP contribution in [0.2, 0.25) is 0 Å². The Kier molecular flexibility index (Phi) is 31.7. The number of aliphatic hydroxyl groups excluding tert-OH is 4. The average molecular weight is 743 g/mol. The second kappa shape index (κ2) is 34.0. The molecule has 0 bridgehead atoms. The van der Waals surface area contributed by atoms with E-state index < -0.39 is 49.4 Å². The molecular formula is C42H78O10. The molecule has 6 unspecified atom stereocenters. The van der Waals surface area contributed by atoms with Crippen molar-refractivity contribution in [2.45, 2.75) is 224 Å². The van der Waals surface area contributed by atoms with Gasteiger partial charge in [0.1, 0.15) is 31.0 Å².